The van der Waals surface area contributed by atoms with Gasteiger partial charge in [0, 0.05) is 6.20 Å². The van der Waals surface area contributed by atoms with Crippen molar-refractivity contribution in [1.82, 2.24) is 14.5 Å². The molecular weight excluding hydrogens is 392 g/mol. The molecule has 0 saturated carbocycles. The Kier molecular flexibility index (Phi) is 4.66. The van der Waals surface area contributed by atoms with E-state index >= 15 is 0 Å². The summed E-state index contributed by atoms with van der Waals surface area (Å²) in [5, 5.41) is 0. The normalized spacial score (nSPS) is 15.5. The van der Waals surface area contributed by atoms with Crippen LogP contribution in [-0.4, -0.2) is 27.8 Å². The molecule has 0 aliphatic carbocycles. The Morgan fingerprint density at radius 1 is 1.07 bits per heavy atom. The molecule has 3 heterocycles. The maximum absolute atomic E-state index is 12.3. The van der Waals surface area contributed by atoms with Crippen LogP contribution in [0.25, 0.3) is 11.2 Å². The number of alkyl halides is 2. The van der Waals surface area contributed by atoms with E-state index in [1.54, 1.807) is 24.7 Å². The highest BCUT2D eigenvalue weighted by Crippen LogP contribution is 2.37. The quantitative estimate of drug-likeness (QED) is 0.482. The van der Waals surface area contributed by atoms with Crippen molar-refractivity contribution in [2.75, 3.05) is 6.61 Å². The Labute approximate surface area is 170 Å². The van der Waals surface area contributed by atoms with Gasteiger partial charge < -0.3 is 18.8 Å². The topological polar surface area (TPSA) is 58.4 Å². The van der Waals surface area contributed by atoms with Crippen LogP contribution in [0.3, 0.4) is 0 Å². The molecule has 0 N–H and O–H groups in total. The Bertz CT molecular complexity index is 1180. The lowest BCUT2D eigenvalue weighted by Crippen LogP contribution is -2.21. The number of aromatic nitrogens is 3. The number of ether oxygens (including phenoxy) is 3. The molecule has 152 valence electrons. The van der Waals surface area contributed by atoms with Crippen LogP contribution in [0.1, 0.15) is 17.2 Å². The molecule has 1 aliphatic heterocycles. The predicted molar refractivity (Wildman–Crippen MR) is 105 cm³/mol. The van der Waals surface area contributed by atoms with Crippen molar-refractivity contribution in [3.05, 3.63) is 78.2 Å². The third-order valence-corrected chi connectivity index (χ3v) is 4.87. The van der Waals surface area contributed by atoms with Crippen LogP contribution in [0.15, 0.2) is 67.1 Å². The smallest absolute Gasteiger partial charge is 0.387 e. The second-order valence-electron chi connectivity index (χ2n) is 6.86. The summed E-state index contributed by atoms with van der Waals surface area (Å²) in [5.74, 6) is 1.41. The zero-order valence-electron chi connectivity index (χ0n) is 15.7. The van der Waals surface area contributed by atoms with Gasteiger partial charge in [0.25, 0.3) is 0 Å². The van der Waals surface area contributed by atoms with Crippen molar-refractivity contribution >= 4 is 11.2 Å². The van der Waals surface area contributed by atoms with E-state index in [4.69, 9.17) is 9.47 Å². The molecule has 0 amide bonds. The van der Waals surface area contributed by atoms with Crippen molar-refractivity contribution in [3.8, 4) is 17.2 Å². The zero-order valence-corrected chi connectivity index (χ0v) is 15.7. The molecule has 5 rings (SSSR count). The standard InChI is InChI=1S/C22H17F2N3O3/c23-22(24)29-16-6-4-15(5-7-16)20-12-28-19-10-14(3-8-18(19)30-20)11-27-13-26-17-2-1-9-25-21(17)27/h1-10,13,20,22H,11-12H2. The predicted octanol–water partition coefficient (Wildman–Crippen LogP) is 4.59. The van der Waals surface area contributed by atoms with Gasteiger partial charge in [-0.1, -0.05) is 18.2 Å². The fourth-order valence-corrected chi connectivity index (χ4v) is 3.45. The van der Waals surface area contributed by atoms with E-state index in [2.05, 4.69) is 14.7 Å². The molecule has 6 nitrogen and oxygen atoms in total. The first-order chi connectivity index (χ1) is 14.7. The monoisotopic (exact) mass is 409 g/mol. The summed E-state index contributed by atoms with van der Waals surface area (Å²) >= 11 is 0. The molecule has 2 aromatic carbocycles. The van der Waals surface area contributed by atoms with E-state index in [1.807, 2.05) is 34.9 Å². The fraction of sp³-hybridized carbons (Fsp3) is 0.182. The molecule has 0 radical (unpaired) electrons. The number of hydrogen-bond donors (Lipinski definition) is 0. The van der Waals surface area contributed by atoms with Gasteiger partial charge in [0.2, 0.25) is 0 Å². The Morgan fingerprint density at radius 2 is 1.93 bits per heavy atom. The van der Waals surface area contributed by atoms with Crippen LogP contribution in [-0.2, 0) is 6.54 Å². The van der Waals surface area contributed by atoms with Crippen molar-refractivity contribution in [2.24, 2.45) is 0 Å². The number of pyridine rings is 1. The summed E-state index contributed by atoms with van der Waals surface area (Å²) in [6.07, 6.45) is 3.19. The molecule has 0 saturated heterocycles. The van der Waals surface area contributed by atoms with Gasteiger partial charge in [-0.05, 0) is 47.5 Å². The first kappa shape index (κ1) is 18.4. The van der Waals surface area contributed by atoms with Gasteiger partial charge >= 0.3 is 6.61 Å². The molecule has 4 aromatic rings. The van der Waals surface area contributed by atoms with Crippen LogP contribution in [0.5, 0.6) is 17.2 Å². The van der Waals surface area contributed by atoms with E-state index in [0.29, 0.717) is 24.7 Å². The zero-order chi connectivity index (χ0) is 20.5. The molecule has 0 spiro atoms. The average molecular weight is 409 g/mol. The number of rotatable bonds is 5. The molecule has 1 unspecified atom stereocenters. The minimum absolute atomic E-state index is 0.108. The Balaban J connectivity index is 1.31. The molecule has 0 fully saturated rings. The lowest BCUT2D eigenvalue weighted by atomic mass is 10.1. The largest absolute Gasteiger partial charge is 0.485 e. The Hall–Kier alpha value is -3.68. The molecule has 0 bridgehead atoms. The van der Waals surface area contributed by atoms with Crippen LogP contribution < -0.4 is 14.2 Å². The van der Waals surface area contributed by atoms with Crippen molar-refractivity contribution in [3.63, 3.8) is 0 Å². The summed E-state index contributed by atoms with van der Waals surface area (Å²) < 4.78 is 42.9. The number of hydrogen-bond acceptors (Lipinski definition) is 5. The van der Waals surface area contributed by atoms with E-state index in [0.717, 1.165) is 22.3 Å². The van der Waals surface area contributed by atoms with Crippen LogP contribution in [0.2, 0.25) is 0 Å². The highest BCUT2D eigenvalue weighted by Gasteiger charge is 2.23. The first-order valence-corrected chi connectivity index (χ1v) is 9.39. The summed E-state index contributed by atoms with van der Waals surface area (Å²) in [6, 6.07) is 16.0. The van der Waals surface area contributed by atoms with E-state index in [1.165, 1.54) is 12.1 Å². The number of fused-ring (bicyclic) bond motifs is 2. The number of halogens is 2. The molecule has 30 heavy (non-hydrogen) atoms. The summed E-state index contributed by atoms with van der Waals surface area (Å²) in [5.41, 5.74) is 3.53. The highest BCUT2D eigenvalue weighted by atomic mass is 19.3. The SMILES string of the molecule is FC(F)Oc1ccc(C2COc3cc(Cn4cnc5cccnc54)ccc3O2)cc1. The number of nitrogens with zero attached hydrogens (tertiary/aromatic N) is 3. The van der Waals surface area contributed by atoms with Gasteiger partial charge in [0.1, 0.15) is 17.9 Å². The van der Waals surface area contributed by atoms with E-state index < -0.39 is 6.61 Å². The maximum Gasteiger partial charge on any atom is 0.387 e. The van der Waals surface area contributed by atoms with Gasteiger partial charge in [-0.3, -0.25) is 0 Å². The van der Waals surface area contributed by atoms with Crippen LogP contribution in [0, 0.1) is 0 Å². The first-order valence-electron chi connectivity index (χ1n) is 9.39. The van der Waals surface area contributed by atoms with Gasteiger partial charge in [-0.15, -0.1) is 0 Å². The third kappa shape index (κ3) is 3.63. The fourth-order valence-electron chi connectivity index (χ4n) is 3.45. The van der Waals surface area contributed by atoms with Gasteiger partial charge in [0.05, 0.1) is 12.9 Å². The van der Waals surface area contributed by atoms with E-state index in [9.17, 15) is 8.78 Å². The molecule has 8 heteroatoms. The average Bonchev–Trinajstić information content (AvgIpc) is 3.16. The van der Waals surface area contributed by atoms with Crippen LogP contribution >= 0.6 is 0 Å². The highest BCUT2D eigenvalue weighted by molar-refractivity contribution is 5.70. The molecular formula is C22H17F2N3O3. The summed E-state index contributed by atoms with van der Waals surface area (Å²) in [7, 11) is 0. The second-order valence-corrected chi connectivity index (χ2v) is 6.86. The number of benzene rings is 2. The lowest BCUT2D eigenvalue weighted by Gasteiger charge is -2.27. The van der Waals surface area contributed by atoms with Crippen molar-refractivity contribution < 1.29 is 23.0 Å². The minimum atomic E-state index is -2.85. The molecule has 1 aliphatic rings. The third-order valence-electron chi connectivity index (χ3n) is 4.87. The van der Waals surface area contributed by atoms with Gasteiger partial charge in [-0.25, -0.2) is 9.97 Å². The Morgan fingerprint density at radius 3 is 2.77 bits per heavy atom. The molecule has 2 aromatic heterocycles. The van der Waals surface area contributed by atoms with Gasteiger partial charge in [0.15, 0.2) is 23.3 Å². The van der Waals surface area contributed by atoms with E-state index in [-0.39, 0.29) is 11.9 Å². The van der Waals surface area contributed by atoms with Crippen molar-refractivity contribution in [2.45, 2.75) is 19.3 Å². The number of imidazole rings is 1. The summed E-state index contributed by atoms with van der Waals surface area (Å²) in [4.78, 5) is 8.75. The van der Waals surface area contributed by atoms with Crippen LogP contribution in [0.4, 0.5) is 8.78 Å². The second kappa shape index (κ2) is 7.62. The van der Waals surface area contributed by atoms with Crippen molar-refractivity contribution in [1.29, 1.82) is 0 Å². The van der Waals surface area contributed by atoms with Gasteiger partial charge in [-0.2, -0.15) is 8.78 Å². The minimum Gasteiger partial charge on any atom is -0.485 e. The molecule has 1 atom stereocenters. The maximum atomic E-state index is 12.3. The summed E-state index contributed by atoms with van der Waals surface area (Å²) in [6.45, 7) is -1.91. The lowest BCUT2D eigenvalue weighted by molar-refractivity contribution is -0.0498.